The number of aromatic amines is 1. The number of methoxy groups -OCH3 is 1. The molecular formula is C21H22N4O3. The zero-order chi connectivity index (χ0) is 19.9. The molecule has 0 saturated heterocycles. The predicted molar refractivity (Wildman–Crippen MR) is 108 cm³/mol. The summed E-state index contributed by atoms with van der Waals surface area (Å²) in [7, 11) is 1.60. The van der Waals surface area contributed by atoms with Gasteiger partial charge in [-0.25, -0.2) is 5.43 Å². The Balaban J connectivity index is 1.70. The van der Waals surface area contributed by atoms with Crippen LogP contribution in [0.25, 0.3) is 11.3 Å². The summed E-state index contributed by atoms with van der Waals surface area (Å²) in [6.45, 7) is 4.39. The molecule has 0 fully saturated rings. The van der Waals surface area contributed by atoms with Gasteiger partial charge in [-0.1, -0.05) is 12.1 Å². The minimum atomic E-state index is -0.360. The zero-order valence-electron chi connectivity index (χ0n) is 16.0. The van der Waals surface area contributed by atoms with Gasteiger partial charge in [0, 0.05) is 11.1 Å². The van der Waals surface area contributed by atoms with Gasteiger partial charge in [0.15, 0.2) is 0 Å². The Bertz CT molecular complexity index is 978. The van der Waals surface area contributed by atoms with Crippen LogP contribution in [0.15, 0.2) is 53.6 Å². The highest BCUT2D eigenvalue weighted by molar-refractivity contribution is 5.96. The molecule has 3 rings (SSSR count). The van der Waals surface area contributed by atoms with E-state index in [1.165, 1.54) is 0 Å². The highest BCUT2D eigenvalue weighted by Crippen LogP contribution is 2.25. The molecule has 0 aliphatic rings. The minimum absolute atomic E-state index is 0.360. The Hall–Kier alpha value is -3.61. The predicted octanol–water partition coefficient (Wildman–Crippen LogP) is 3.56. The number of nitrogens with zero attached hydrogens (tertiary/aromatic N) is 2. The second-order valence-corrected chi connectivity index (χ2v) is 6.01. The summed E-state index contributed by atoms with van der Waals surface area (Å²) in [6.07, 6.45) is 1.56. The molecule has 2 N–H and O–H groups in total. The van der Waals surface area contributed by atoms with E-state index < -0.39 is 0 Å². The van der Waals surface area contributed by atoms with Gasteiger partial charge in [0.2, 0.25) is 0 Å². The van der Waals surface area contributed by atoms with Crippen LogP contribution >= 0.6 is 0 Å². The van der Waals surface area contributed by atoms with Gasteiger partial charge in [0.25, 0.3) is 5.91 Å². The Morgan fingerprint density at radius 2 is 2.00 bits per heavy atom. The number of benzene rings is 2. The van der Waals surface area contributed by atoms with Crippen LogP contribution in [0.5, 0.6) is 11.5 Å². The van der Waals surface area contributed by atoms with E-state index in [0.29, 0.717) is 18.0 Å². The number of hydrogen-bond acceptors (Lipinski definition) is 5. The van der Waals surface area contributed by atoms with Crippen LogP contribution in [0, 0.1) is 6.92 Å². The Labute approximate surface area is 163 Å². The molecule has 1 aromatic heterocycles. The standard InChI is InChI=1S/C21H22N4O3/c1-4-28-17-10-8-16(9-11-17)19-14(2)20(24-23-19)21(26)25-22-13-15-6-5-7-18(12-15)27-3/h5-13H,4H2,1-3H3,(H,23,24)(H,25,26)/b22-13-. The first-order valence-electron chi connectivity index (χ1n) is 8.88. The van der Waals surface area contributed by atoms with Gasteiger partial charge in [-0.05, 0) is 55.8 Å². The summed E-state index contributed by atoms with van der Waals surface area (Å²) >= 11 is 0. The van der Waals surface area contributed by atoms with E-state index in [1.807, 2.05) is 62.4 Å². The van der Waals surface area contributed by atoms with Crippen LogP contribution in [0.1, 0.15) is 28.5 Å². The monoisotopic (exact) mass is 378 g/mol. The van der Waals surface area contributed by atoms with Crippen molar-refractivity contribution in [2.24, 2.45) is 5.10 Å². The Kier molecular flexibility index (Phi) is 6.06. The number of hydrazone groups is 1. The van der Waals surface area contributed by atoms with Gasteiger partial charge in [-0.2, -0.15) is 10.2 Å². The normalized spacial score (nSPS) is 10.8. The molecule has 0 aliphatic heterocycles. The number of carbonyl (C=O) groups is 1. The third kappa shape index (κ3) is 4.37. The van der Waals surface area contributed by atoms with Crippen LogP contribution in [-0.4, -0.2) is 36.0 Å². The summed E-state index contributed by atoms with van der Waals surface area (Å²) < 4.78 is 10.6. The van der Waals surface area contributed by atoms with E-state index in [2.05, 4.69) is 20.7 Å². The van der Waals surface area contributed by atoms with Gasteiger partial charge in [-0.3, -0.25) is 9.89 Å². The lowest BCUT2D eigenvalue weighted by Crippen LogP contribution is -2.19. The Morgan fingerprint density at radius 3 is 2.71 bits per heavy atom. The minimum Gasteiger partial charge on any atom is -0.497 e. The summed E-state index contributed by atoms with van der Waals surface area (Å²) in [5.41, 5.74) is 6.06. The lowest BCUT2D eigenvalue weighted by Gasteiger charge is -2.04. The molecule has 0 radical (unpaired) electrons. The van der Waals surface area contributed by atoms with Gasteiger partial charge in [0.05, 0.1) is 25.6 Å². The van der Waals surface area contributed by atoms with E-state index in [4.69, 9.17) is 9.47 Å². The summed E-state index contributed by atoms with van der Waals surface area (Å²) in [5, 5.41) is 11.1. The molecule has 1 heterocycles. The van der Waals surface area contributed by atoms with E-state index in [9.17, 15) is 4.79 Å². The molecule has 7 nitrogen and oxygen atoms in total. The topological polar surface area (TPSA) is 88.6 Å². The largest absolute Gasteiger partial charge is 0.497 e. The maximum absolute atomic E-state index is 12.4. The number of aromatic nitrogens is 2. The maximum atomic E-state index is 12.4. The number of rotatable bonds is 7. The average molecular weight is 378 g/mol. The molecule has 0 bridgehead atoms. The van der Waals surface area contributed by atoms with Crippen molar-refractivity contribution in [1.29, 1.82) is 0 Å². The maximum Gasteiger partial charge on any atom is 0.289 e. The molecule has 0 aliphatic carbocycles. The lowest BCUT2D eigenvalue weighted by molar-refractivity contribution is 0.0949. The molecule has 3 aromatic rings. The molecular weight excluding hydrogens is 356 g/mol. The van der Waals surface area contributed by atoms with E-state index >= 15 is 0 Å². The summed E-state index contributed by atoms with van der Waals surface area (Å²) in [6, 6.07) is 15.0. The third-order valence-corrected chi connectivity index (χ3v) is 4.15. The quantitative estimate of drug-likeness (QED) is 0.486. The molecule has 2 aromatic carbocycles. The fourth-order valence-electron chi connectivity index (χ4n) is 2.72. The van der Waals surface area contributed by atoms with Crippen molar-refractivity contribution in [2.75, 3.05) is 13.7 Å². The number of hydrogen-bond donors (Lipinski definition) is 2. The van der Waals surface area contributed by atoms with Crippen LogP contribution < -0.4 is 14.9 Å². The van der Waals surface area contributed by atoms with Gasteiger partial charge >= 0.3 is 0 Å². The first-order valence-corrected chi connectivity index (χ1v) is 8.88. The fraction of sp³-hybridized carbons (Fsp3) is 0.190. The van der Waals surface area contributed by atoms with Crippen LogP contribution in [-0.2, 0) is 0 Å². The van der Waals surface area contributed by atoms with Crippen LogP contribution in [0.4, 0.5) is 0 Å². The molecule has 1 amide bonds. The summed E-state index contributed by atoms with van der Waals surface area (Å²) in [4.78, 5) is 12.4. The number of nitrogens with one attached hydrogen (secondary N) is 2. The van der Waals surface area contributed by atoms with Crippen LogP contribution in [0.3, 0.4) is 0 Å². The van der Waals surface area contributed by atoms with Gasteiger partial charge in [-0.15, -0.1) is 0 Å². The molecule has 0 atom stereocenters. The van der Waals surface area contributed by atoms with Crippen molar-refractivity contribution in [3.8, 4) is 22.8 Å². The SMILES string of the molecule is CCOc1ccc(-c2n[nH]c(C(=O)N/N=C\c3cccc(OC)c3)c2C)cc1. The van der Waals surface area contributed by atoms with E-state index in [1.54, 1.807) is 13.3 Å². The van der Waals surface area contributed by atoms with Crippen molar-refractivity contribution < 1.29 is 14.3 Å². The van der Waals surface area contributed by atoms with E-state index in [0.717, 1.165) is 28.2 Å². The molecule has 0 spiro atoms. The van der Waals surface area contributed by atoms with Crippen molar-refractivity contribution >= 4 is 12.1 Å². The second-order valence-electron chi connectivity index (χ2n) is 6.01. The molecule has 28 heavy (non-hydrogen) atoms. The molecule has 0 saturated carbocycles. The lowest BCUT2D eigenvalue weighted by atomic mass is 10.1. The van der Waals surface area contributed by atoms with Gasteiger partial charge < -0.3 is 9.47 Å². The number of amides is 1. The number of ether oxygens (including phenoxy) is 2. The van der Waals surface area contributed by atoms with Crippen molar-refractivity contribution in [1.82, 2.24) is 15.6 Å². The first-order chi connectivity index (χ1) is 13.6. The van der Waals surface area contributed by atoms with Crippen molar-refractivity contribution in [3.05, 3.63) is 65.4 Å². The molecule has 144 valence electrons. The number of carbonyl (C=O) groups excluding carboxylic acids is 1. The molecule has 7 heteroatoms. The van der Waals surface area contributed by atoms with Crippen LogP contribution in [0.2, 0.25) is 0 Å². The fourth-order valence-corrected chi connectivity index (χ4v) is 2.72. The highest BCUT2D eigenvalue weighted by atomic mass is 16.5. The highest BCUT2D eigenvalue weighted by Gasteiger charge is 2.16. The average Bonchev–Trinajstić information content (AvgIpc) is 3.10. The molecule has 0 unspecified atom stereocenters. The van der Waals surface area contributed by atoms with Crippen molar-refractivity contribution in [2.45, 2.75) is 13.8 Å². The van der Waals surface area contributed by atoms with Crippen molar-refractivity contribution in [3.63, 3.8) is 0 Å². The van der Waals surface area contributed by atoms with E-state index in [-0.39, 0.29) is 5.91 Å². The third-order valence-electron chi connectivity index (χ3n) is 4.15. The smallest absolute Gasteiger partial charge is 0.289 e. The zero-order valence-corrected chi connectivity index (χ0v) is 16.0. The first kappa shape index (κ1) is 19.2. The number of H-pyrrole nitrogens is 1. The van der Waals surface area contributed by atoms with Gasteiger partial charge in [0.1, 0.15) is 17.2 Å². The Morgan fingerprint density at radius 1 is 1.21 bits per heavy atom. The second kappa shape index (κ2) is 8.85. The summed E-state index contributed by atoms with van der Waals surface area (Å²) in [5.74, 6) is 1.16.